The molecule has 3 aromatic rings. The van der Waals surface area contributed by atoms with E-state index in [2.05, 4.69) is 25.4 Å². The van der Waals surface area contributed by atoms with Crippen molar-refractivity contribution in [1.29, 1.82) is 0 Å². The summed E-state index contributed by atoms with van der Waals surface area (Å²) in [6.45, 7) is 3.93. The summed E-state index contributed by atoms with van der Waals surface area (Å²) in [6, 6.07) is 0. The Kier molecular flexibility index (Phi) is 4.20. The molecular weight excluding hydrogens is 336 g/mol. The highest BCUT2D eigenvalue weighted by molar-refractivity contribution is 7.15. The molecule has 0 saturated heterocycles. The van der Waals surface area contributed by atoms with Crippen molar-refractivity contribution in [2.45, 2.75) is 52.4 Å². The number of amides is 1. The number of nitrogens with zero attached hydrogens (tertiary/aromatic N) is 5. The third-order valence-corrected chi connectivity index (χ3v) is 5.76. The van der Waals surface area contributed by atoms with Crippen LogP contribution < -0.4 is 5.32 Å². The molecule has 0 bridgehead atoms. The van der Waals surface area contributed by atoms with Gasteiger partial charge in [-0.05, 0) is 51.5 Å². The van der Waals surface area contributed by atoms with Crippen molar-refractivity contribution in [1.82, 2.24) is 24.6 Å². The molecule has 1 N–H and O–H groups in total. The van der Waals surface area contributed by atoms with Gasteiger partial charge in [-0.2, -0.15) is 10.1 Å². The van der Waals surface area contributed by atoms with Crippen molar-refractivity contribution in [2.75, 3.05) is 5.32 Å². The first-order chi connectivity index (χ1) is 12.1. The van der Waals surface area contributed by atoms with Crippen LogP contribution in [0, 0.1) is 13.8 Å². The number of aromatic nitrogens is 5. The van der Waals surface area contributed by atoms with Gasteiger partial charge in [0, 0.05) is 22.7 Å². The lowest BCUT2D eigenvalue weighted by atomic mass is 10.0. The average Bonchev–Trinajstić information content (AvgIpc) is 3.20. The van der Waals surface area contributed by atoms with E-state index in [1.807, 2.05) is 13.8 Å². The second kappa shape index (κ2) is 6.51. The zero-order valence-corrected chi connectivity index (χ0v) is 15.2. The zero-order chi connectivity index (χ0) is 17.4. The van der Waals surface area contributed by atoms with E-state index in [9.17, 15) is 4.79 Å². The first kappa shape index (κ1) is 16.1. The summed E-state index contributed by atoms with van der Waals surface area (Å²) >= 11 is 1.62. The van der Waals surface area contributed by atoms with Gasteiger partial charge < -0.3 is 5.32 Å². The van der Waals surface area contributed by atoms with E-state index >= 15 is 0 Å². The maximum atomic E-state index is 12.3. The number of hydrogen-bond acceptors (Lipinski definition) is 6. The minimum Gasteiger partial charge on any atom is -0.302 e. The largest absolute Gasteiger partial charge is 0.302 e. The van der Waals surface area contributed by atoms with Crippen molar-refractivity contribution in [3.8, 4) is 0 Å². The number of carbonyl (C=O) groups is 1. The van der Waals surface area contributed by atoms with Gasteiger partial charge in [-0.1, -0.05) is 0 Å². The highest BCUT2D eigenvalue weighted by Crippen LogP contribution is 2.29. The minimum absolute atomic E-state index is 0.0106. The summed E-state index contributed by atoms with van der Waals surface area (Å²) in [5, 5.41) is 7.87. The first-order valence-electron chi connectivity index (χ1n) is 8.56. The van der Waals surface area contributed by atoms with Crippen molar-refractivity contribution < 1.29 is 4.79 Å². The van der Waals surface area contributed by atoms with E-state index in [1.165, 1.54) is 29.7 Å². The van der Waals surface area contributed by atoms with Crippen LogP contribution in [0.5, 0.6) is 0 Å². The number of thiazole rings is 1. The second-order valence-electron chi connectivity index (χ2n) is 6.38. The maximum Gasteiger partial charge on any atom is 0.252 e. The maximum absolute atomic E-state index is 12.3. The number of hydrogen-bond donors (Lipinski definition) is 1. The molecule has 8 heteroatoms. The average molecular weight is 356 g/mol. The summed E-state index contributed by atoms with van der Waals surface area (Å²) in [7, 11) is 0. The van der Waals surface area contributed by atoms with Crippen LogP contribution in [0.25, 0.3) is 5.78 Å². The molecule has 0 unspecified atom stereocenters. The van der Waals surface area contributed by atoms with Gasteiger partial charge in [0.1, 0.15) is 6.33 Å². The van der Waals surface area contributed by atoms with Gasteiger partial charge in [-0.15, -0.1) is 11.3 Å². The number of nitrogens with one attached hydrogen (secondary N) is 1. The van der Waals surface area contributed by atoms with E-state index in [4.69, 9.17) is 0 Å². The third kappa shape index (κ3) is 3.13. The molecule has 3 heterocycles. The molecule has 0 saturated carbocycles. The fourth-order valence-corrected chi connectivity index (χ4v) is 4.41. The van der Waals surface area contributed by atoms with Crippen LogP contribution in [0.2, 0.25) is 0 Å². The molecule has 1 amide bonds. The normalized spacial score (nSPS) is 13.8. The highest BCUT2D eigenvalue weighted by atomic mass is 32.1. The zero-order valence-electron chi connectivity index (χ0n) is 14.4. The lowest BCUT2D eigenvalue weighted by Crippen LogP contribution is -2.14. The molecule has 0 fully saturated rings. The predicted octanol–water partition coefficient (Wildman–Crippen LogP) is 2.65. The Hall–Kier alpha value is -2.35. The molecule has 130 valence electrons. The fourth-order valence-electron chi connectivity index (χ4n) is 3.34. The molecule has 0 radical (unpaired) electrons. The third-order valence-electron chi connectivity index (χ3n) is 4.68. The van der Waals surface area contributed by atoms with Crippen molar-refractivity contribution in [3.63, 3.8) is 0 Å². The van der Waals surface area contributed by atoms with Gasteiger partial charge in [0.15, 0.2) is 5.13 Å². The van der Waals surface area contributed by atoms with Gasteiger partial charge in [0.25, 0.3) is 5.78 Å². The van der Waals surface area contributed by atoms with Crippen LogP contribution >= 0.6 is 11.3 Å². The topological polar surface area (TPSA) is 85.1 Å². The Morgan fingerprint density at radius 2 is 2.12 bits per heavy atom. The molecule has 0 aliphatic heterocycles. The van der Waals surface area contributed by atoms with Gasteiger partial charge in [-0.3, -0.25) is 4.79 Å². The van der Waals surface area contributed by atoms with Crippen LogP contribution in [0.3, 0.4) is 0 Å². The van der Waals surface area contributed by atoms with Crippen LogP contribution in [0.4, 0.5) is 5.13 Å². The Labute approximate surface area is 149 Å². The molecule has 3 aromatic heterocycles. The Balaban J connectivity index is 1.44. The van der Waals surface area contributed by atoms with Gasteiger partial charge >= 0.3 is 0 Å². The molecule has 1 aliphatic carbocycles. The molecule has 0 spiro atoms. The molecule has 7 nitrogen and oxygen atoms in total. The summed E-state index contributed by atoms with van der Waals surface area (Å²) < 4.78 is 1.72. The number of carbonyl (C=O) groups excluding carboxylic acids is 1. The van der Waals surface area contributed by atoms with E-state index in [1.54, 1.807) is 15.9 Å². The molecule has 0 atom stereocenters. The van der Waals surface area contributed by atoms with E-state index in [0.29, 0.717) is 18.6 Å². The number of rotatable bonds is 4. The quantitative estimate of drug-likeness (QED) is 0.777. The van der Waals surface area contributed by atoms with Crippen LogP contribution in [-0.4, -0.2) is 30.5 Å². The molecule has 4 rings (SSSR count). The van der Waals surface area contributed by atoms with Crippen LogP contribution in [0.15, 0.2) is 6.33 Å². The van der Waals surface area contributed by atoms with E-state index in [0.717, 1.165) is 34.9 Å². The van der Waals surface area contributed by atoms with E-state index < -0.39 is 0 Å². The Morgan fingerprint density at radius 1 is 1.28 bits per heavy atom. The van der Waals surface area contributed by atoms with Crippen molar-refractivity contribution >= 4 is 28.2 Å². The minimum atomic E-state index is -0.0106. The fraction of sp³-hybridized carbons (Fsp3) is 0.471. The van der Waals surface area contributed by atoms with Gasteiger partial charge in [0.05, 0.1) is 5.69 Å². The van der Waals surface area contributed by atoms with Gasteiger partial charge in [0.2, 0.25) is 5.91 Å². The summed E-state index contributed by atoms with van der Waals surface area (Å²) in [5.41, 5.74) is 4.10. The predicted molar refractivity (Wildman–Crippen MR) is 96.0 cm³/mol. The van der Waals surface area contributed by atoms with Crippen LogP contribution in [0.1, 0.15) is 46.8 Å². The smallest absolute Gasteiger partial charge is 0.252 e. The monoisotopic (exact) mass is 356 g/mol. The lowest BCUT2D eigenvalue weighted by molar-refractivity contribution is -0.116. The molecule has 25 heavy (non-hydrogen) atoms. The lowest BCUT2D eigenvalue weighted by Gasteiger charge is -2.10. The second-order valence-corrected chi connectivity index (χ2v) is 7.46. The number of fused-ring (bicyclic) bond motifs is 2. The Morgan fingerprint density at radius 3 is 2.96 bits per heavy atom. The summed E-state index contributed by atoms with van der Waals surface area (Å²) in [6.07, 6.45) is 7.05. The standard InChI is InChI=1S/C17H20N6OS/c1-10-12(11(2)23-16(20-10)18-9-19-23)7-8-15(24)22-17-21-13-5-3-4-6-14(13)25-17/h9H,3-8H2,1-2H3,(H,21,22,24). The molecular formula is C17H20N6OS. The van der Waals surface area contributed by atoms with Gasteiger partial charge in [-0.25, -0.2) is 14.5 Å². The molecule has 1 aliphatic rings. The van der Waals surface area contributed by atoms with Crippen LogP contribution in [-0.2, 0) is 24.1 Å². The molecule has 0 aromatic carbocycles. The van der Waals surface area contributed by atoms with Crippen molar-refractivity contribution in [2.24, 2.45) is 0 Å². The summed E-state index contributed by atoms with van der Waals surface area (Å²) in [4.78, 5) is 26.8. The number of anilines is 1. The van der Waals surface area contributed by atoms with E-state index in [-0.39, 0.29) is 5.91 Å². The SMILES string of the molecule is Cc1nc2ncnn2c(C)c1CCC(=O)Nc1nc2c(s1)CCCC2. The summed E-state index contributed by atoms with van der Waals surface area (Å²) in [5.74, 6) is 0.583. The number of aryl methyl sites for hydroxylation is 4. The highest BCUT2D eigenvalue weighted by Gasteiger charge is 2.17. The van der Waals surface area contributed by atoms with Crippen molar-refractivity contribution in [3.05, 3.63) is 33.8 Å². The Bertz CT molecular complexity index is 921. The first-order valence-corrected chi connectivity index (χ1v) is 9.37.